The Kier molecular flexibility index (Phi) is 41.4. The van der Waals surface area contributed by atoms with Crippen LogP contribution in [0.2, 0.25) is 0 Å². The number of nitrogens with one attached hydrogen (secondary N) is 2. The van der Waals surface area contributed by atoms with Crippen LogP contribution in [0.5, 0.6) is 0 Å². The van der Waals surface area contributed by atoms with Crippen molar-refractivity contribution in [3.05, 3.63) is 25.3 Å². The smallest absolute Gasteiger partial charge is 0.407 e. The molecule has 0 saturated heterocycles. The third-order valence-corrected chi connectivity index (χ3v) is 12.8. The van der Waals surface area contributed by atoms with E-state index in [0.717, 1.165) is 12.2 Å². The zero-order chi connectivity index (χ0) is 64.9. The monoisotopic (exact) mass is 1230 g/mol. The maximum absolute atomic E-state index is 13.1. The van der Waals surface area contributed by atoms with E-state index in [4.69, 9.17) is 61.6 Å². The summed E-state index contributed by atoms with van der Waals surface area (Å²) < 4.78 is 72.4. The van der Waals surface area contributed by atoms with E-state index < -0.39 is 154 Å². The van der Waals surface area contributed by atoms with Crippen molar-refractivity contribution in [2.45, 2.75) is 145 Å². The molecular formula is C59H94N2O25. The van der Waals surface area contributed by atoms with Crippen LogP contribution in [0.3, 0.4) is 0 Å². The van der Waals surface area contributed by atoms with Gasteiger partial charge in [0, 0.05) is 83.0 Å². The molecule has 0 bridgehead atoms. The highest BCUT2D eigenvalue weighted by molar-refractivity contribution is 5.81. The van der Waals surface area contributed by atoms with E-state index in [-0.39, 0.29) is 116 Å². The van der Waals surface area contributed by atoms with Crippen molar-refractivity contribution in [2.75, 3.05) is 112 Å². The number of esters is 9. The van der Waals surface area contributed by atoms with Crippen molar-refractivity contribution in [1.82, 2.24) is 10.6 Å². The van der Waals surface area contributed by atoms with E-state index in [1.165, 1.54) is 0 Å². The van der Waals surface area contributed by atoms with Crippen LogP contribution in [-0.4, -0.2) is 184 Å². The number of Topliss-reactive ketones (excluding diaryl/α,β-unsaturated/α-hetero) is 1. The second-order valence-electron chi connectivity index (χ2n) is 20.5. The summed E-state index contributed by atoms with van der Waals surface area (Å²) in [7, 11) is 0. The van der Waals surface area contributed by atoms with Crippen molar-refractivity contribution in [2.24, 2.45) is 21.7 Å². The fourth-order valence-corrected chi connectivity index (χ4v) is 7.08. The molecule has 86 heavy (non-hydrogen) atoms. The molecule has 0 aromatic heterocycles. The Hall–Kier alpha value is -7.16. The number of alkyl carbamates (subject to hydrolysis) is 2. The molecule has 0 radical (unpaired) electrons. The van der Waals surface area contributed by atoms with Crippen LogP contribution in [0.25, 0.3) is 0 Å². The minimum absolute atomic E-state index is 0.00340. The first-order valence-electron chi connectivity index (χ1n) is 29.1. The Labute approximate surface area is 504 Å². The summed E-state index contributed by atoms with van der Waals surface area (Å²) in [4.78, 5) is 150. The lowest BCUT2D eigenvalue weighted by Crippen LogP contribution is -2.47. The van der Waals surface area contributed by atoms with Crippen molar-refractivity contribution in [1.29, 1.82) is 0 Å². The lowest BCUT2D eigenvalue weighted by molar-refractivity contribution is -0.173. The van der Waals surface area contributed by atoms with E-state index in [1.54, 1.807) is 55.4 Å². The van der Waals surface area contributed by atoms with Crippen LogP contribution in [-0.2, 0) is 110 Å². The average Bonchev–Trinajstić information content (AvgIpc) is 3.64. The molecule has 490 valence electrons. The molecule has 0 fully saturated rings. The quantitative estimate of drug-likeness (QED) is 0.0311. The topological polar surface area (TPSA) is 349 Å². The predicted molar refractivity (Wildman–Crippen MR) is 304 cm³/mol. The van der Waals surface area contributed by atoms with Gasteiger partial charge >= 0.3 is 65.9 Å². The number of amides is 2. The van der Waals surface area contributed by atoms with Crippen LogP contribution in [0.15, 0.2) is 25.3 Å². The van der Waals surface area contributed by atoms with Crippen molar-refractivity contribution < 1.29 is 119 Å². The lowest BCUT2D eigenvalue weighted by atomic mass is 9.84. The third-order valence-electron chi connectivity index (χ3n) is 12.8. The van der Waals surface area contributed by atoms with Crippen LogP contribution < -0.4 is 10.6 Å². The van der Waals surface area contributed by atoms with E-state index in [0.29, 0.717) is 25.7 Å². The van der Waals surface area contributed by atoms with Crippen LogP contribution in [0.1, 0.15) is 145 Å². The number of carbonyl (C=O) groups excluding carboxylic acids is 12. The maximum atomic E-state index is 13.1. The van der Waals surface area contributed by atoms with Gasteiger partial charge in [0.15, 0.2) is 0 Å². The molecule has 0 spiro atoms. The fraction of sp³-hybridized carbons (Fsp3) is 0.729. The number of hydrogen-bond donors (Lipinski definition) is 2. The van der Waals surface area contributed by atoms with Gasteiger partial charge < -0.3 is 72.2 Å². The van der Waals surface area contributed by atoms with E-state index >= 15 is 0 Å². The summed E-state index contributed by atoms with van der Waals surface area (Å²) in [6.45, 7) is 13.5. The lowest BCUT2D eigenvalue weighted by Gasteiger charge is -2.36. The molecule has 2 atom stereocenters. The Balaban J connectivity index is 6.11. The first-order chi connectivity index (χ1) is 41.0. The second-order valence-corrected chi connectivity index (χ2v) is 20.5. The summed E-state index contributed by atoms with van der Waals surface area (Å²) in [5.74, 6) is -5.98. The zero-order valence-electron chi connectivity index (χ0n) is 51.7. The number of unbranched alkanes of at least 4 members (excludes halogenated alkanes) is 3. The molecule has 0 aliphatic carbocycles. The molecule has 27 heteroatoms. The van der Waals surface area contributed by atoms with Crippen molar-refractivity contribution in [3.8, 4) is 0 Å². The molecule has 0 aliphatic rings. The van der Waals surface area contributed by atoms with Gasteiger partial charge in [0.25, 0.3) is 0 Å². The first kappa shape index (κ1) is 78.8. The largest absolute Gasteiger partial charge is 0.465 e. The van der Waals surface area contributed by atoms with Gasteiger partial charge in [0.2, 0.25) is 0 Å². The molecule has 2 unspecified atom stereocenters. The highest BCUT2D eigenvalue weighted by atomic mass is 16.6. The first-order valence-corrected chi connectivity index (χ1v) is 29.1. The van der Waals surface area contributed by atoms with Crippen molar-refractivity contribution in [3.63, 3.8) is 0 Å². The predicted octanol–water partition coefficient (Wildman–Crippen LogP) is 5.87. The molecule has 0 rings (SSSR count). The molecule has 2 N–H and O–H groups in total. The normalized spacial score (nSPS) is 12.5. The highest BCUT2D eigenvalue weighted by Gasteiger charge is 2.42. The molecule has 2 amide bonds. The number of carbonyl (C=O) groups is 12. The Morgan fingerprint density at radius 1 is 0.314 bits per heavy atom. The van der Waals surface area contributed by atoms with E-state index in [2.05, 4.69) is 23.8 Å². The highest BCUT2D eigenvalue weighted by Crippen LogP contribution is 2.31. The summed E-state index contributed by atoms with van der Waals surface area (Å²) >= 11 is 0. The van der Waals surface area contributed by atoms with Gasteiger partial charge in [-0.1, -0.05) is 81.4 Å². The number of ether oxygens (including phenoxy) is 13. The van der Waals surface area contributed by atoms with E-state index in [1.807, 2.05) is 0 Å². The van der Waals surface area contributed by atoms with Crippen molar-refractivity contribution >= 4 is 71.7 Å². The van der Waals surface area contributed by atoms with Gasteiger partial charge in [-0.25, -0.2) is 19.2 Å². The minimum atomic E-state index is -1.55. The summed E-state index contributed by atoms with van der Waals surface area (Å²) in [5, 5.41) is 5.27. The average molecular weight is 1230 g/mol. The molecule has 0 aliphatic heterocycles. The van der Waals surface area contributed by atoms with Gasteiger partial charge in [-0.3, -0.25) is 38.4 Å². The van der Waals surface area contributed by atoms with Crippen LogP contribution >= 0.6 is 0 Å². The summed E-state index contributed by atoms with van der Waals surface area (Å²) in [6, 6.07) is 0. The van der Waals surface area contributed by atoms with Gasteiger partial charge in [0.05, 0.1) is 48.1 Å². The molecular weight excluding hydrogens is 1140 g/mol. The Bertz CT molecular complexity index is 1920. The number of rotatable bonds is 50. The molecule has 27 nitrogen and oxygen atoms in total. The zero-order valence-corrected chi connectivity index (χ0v) is 51.7. The Morgan fingerprint density at radius 2 is 0.558 bits per heavy atom. The third kappa shape index (κ3) is 35.3. The van der Waals surface area contributed by atoms with E-state index in [9.17, 15) is 57.5 Å². The molecule has 0 aromatic carbocycles. The molecule has 0 aromatic rings. The fourth-order valence-electron chi connectivity index (χ4n) is 7.08. The minimum Gasteiger partial charge on any atom is -0.465 e. The number of ketones is 1. The van der Waals surface area contributed by atoms with Gasteiger partial charge in [0.1, 0.15) is 78.5 Å². The van der Waals surface area contributed by atoms with Crippen LogP contribution in [0.4, 0.5) is 9.59 Å². The van der Waals surface area contributed by atoms with Gasteiger partial charge in [-0.2, -0.15) is 0 Å². The standard InChI is InChI=1S/C59H94N2O25/c1-11-44(62)25-26-56(33-76-45(63)12-2,34-77-46(64)13-3)29-74-31-58(38-81-50(68)17-7,39-82-51(69)18-8)42-85-54(72)60-27-23-21-22-24-28-61-55(73)86-43-59(40-83-52(70)19-9,41-84-53(71)20-10)32-75-30-57(35-78-47(65)14-4,36-79-48(66)15-5)37-80-49(67)16-6/h17,19H,7,9,11-16,18,20-43H2,1-6,8,10H3,(H,60,72)(H,61,73). The maximum Gasteiger partial charge on any atom is 0.407 e. The summed E-state index contributed by atoms with van der Waals surface area (Å²) in [5.41, 5.74) is -5.74. The second kappa shape index (κ2) is 45.2. The summed E-state index contributed by atoms with van der Waals surface area (Å²) in [6.07, 6.45) is 2.47. The van der Waals surface area contributed by atoms with Gasteiger partial charge in [-0.15, -0.1) is 0 Å². The van der Waals surface area contributed by atoms with Gasteiger partial charge in [-0.05, 0) is 19.3 Å². The molecule has 0 saturated carbocycles. The SMILES string of the molecule is C=CC(=O)OCC(COCC(CCC(=O)CC)(COC(=O)CC)COC(=O)CC)(COC(=O)CC)COC(=O)NCCCCCCNC(=O)OCC(COCC(COC(=O)CC)(COC(=O)CC)COC(=O)CC)(COC(=O)C=C)COC(=O)CC. The van der Waals surface area contributed by atoms with Crippen LogP contribution in [0, 0.1) is 21.7 Å². The molecule has 0 heterocycles. The number of hydrogen-bond acceptors (Lipinski definition) is 25. The Morgan fingerprint density at radius 3 is 0.814 bits per heavy atom.